The quantitative estimate of drug-likeness (QED) is 0.823. The Balaban J connectivity index is 2.26. The van der Waals surface area contributed by atoms with Crippen LogP contribution >= 0.6 is 0 Å². The Bertz CT molecular complexity index is 696. The summed E-state index contributed by atoms with van der Waals surface area (Å²) in [7, 11) is 0. The van der Waals surface area contributed by atoms with E-state index in [0.29, 0.717) is 16.8 Å². The molecule has 0 radical (unpaired) electrons. The monoisotopic (exact) mass is 269 g/mol. The van der Waals surface area contributed by atoms with E-state index in [1.807, 2.05) is 6.07 Å². The number of rotatable bonds is 2. The van der Waals surface area contributed by atoms with Gasteiger partial charge in [0.05, 0.1) is 11.6 Å². The number of hydrogen-bond donors (Lipinski definition) is 2. The van der Waals surface area contributed by atoms with Gasteiger partial charge in [0.1, 0.15) is 5.82 Å². The summed E-state index contributed by atoms with van der Waals surface area (Å²) in [6, 6.07) is 11.0. The zero-order valence-corrected chi connectivity index (χ0v) is 10.8. The molecule has 20 heavy (non-hydrogen) atoms. The van der Waals surface area contributed by atoms with Crippen molar-refractivity contribution in [3.63, 3.8) is 0 Å². The molecular weight excluding hydrogens is 257 g/mol. The first kappa shape index (κ1) is 13.6. The second kappa shape index (κ2) is 5.41. The van der Waals surface area contributed by atoms with Crippen molar-refractivity contribution in [2.75, 3.05) is 11.1 Å². The summed E-state index contributed by atoms with van der Waals surface area (Å²) in [5, 5.41) is 11.4. The van der Waals surface area contributed by atoms with Crippen molar-refractivity contribution in [3.8, 4) is 6.07 Å². The molecule has 0 fully saturated rings. The average Bonchev–Trinajstić information content (AvgIpc) is 2.44. The fraction of sp³-hybridized carbons (Fsp3) is 0.0667. The average molecular weight is 269 g/mol. The molecule has 0 saturated heterocycles. The second-order valence-corrected chi connectivity index (χ2v) is 4.32. The smallest absolute Gasteiger partial charge is 0.255 e. The molecule has 2 rings (SSSR count). The summed E-state index contributed by atoms with van der Waals surface area (Å²) in [6.07, 6.45) is 0. The van der Waals surface area contributed by atoms with Crippen LogP contribution in [0.15, 0.2) is 36.4 Å². The minimum absolute atomic E-state index is 0.132. The van der Waals surface area contributed by atoms with Crippen LogP contribution < -0.4 is 11.1 Å². The Morgan fingerprint density at radius 2 is 2.10 bits per heavy atom. The Morgan fingerprint density at radius 1 is 1.35 bits per heavy atom. The highest BCUT2D eigenvalue weighted by atomic mass is 19.1. The van der Waals surface area contributed by atoms with Crippen molar-refractivity contribution in [1.29, 1.82) is 5.26 Å². The first-order chi connectivity index (χ1) is 9.51. The Kier molecular flexibility index (Phi) is 3.67. The van der Waals surface area contributed by atoms with Crippen LogP contribution in [0.4, 0.5) is 15.8 Å². The lowest BCUT2D eigenvalue weighted by Crippen LogP contribution is -2.13. The molecule has 0 bridgehead atoms. The van der Waals surface area contributed by atoms with Gasteiger partial charge in [-0.05, 0) is 37.3 Å². The first-order valence-corrected chi connectivity index (χ1v) is 5.88. The first-order valence-electron chi connectivity index (χ1n) is 5.88. The molecule has 0 saturated carbocycles. The SMILES string of the molecule is Cc1c(N)cc(C(=O)Nc2cccc(C#N)c2)cc1F. The number of benzene rings is 2. The molecule has 0 aliphatic carbocycles. The summed E-state index contributed by atoms with van der Waals surface area (Å²) in [5.41, 5.74) is 7.20. The van der Waals surface area contributed by atoms with Crippen LogP contribution in [-0.4, -0.2) is 5.91 Å². The van der Waals surface area contributed by atoms with E-state index in [0.717, 1.165) is 6.07 Å². The summed E-state index contributed by atoms with van der Waals surface area (Å²) in [4.78, 5) is 12.0. The minimum atomic E-state index is -0.527. The third kappa shape index (κ3) is 2.75. The van der Waals surface area contributed by atoms with E-state index >= 15 is 0 Å². The summed E-state index contributed by atoms with van der Waals surface area (Å²) in [5.74, 6) is -1.01. The molecule has 2 aromatic rings. The molecule has 0 aliphatic heterocycles. The molecular formula is C15H12FN3O. The molecule has 100 valence electrons. The molecule has 2 aromatic carbocycles. The zero-order chi connectivity index (χ0) is 14.7. The van der Waals surface area contributed by atoms with Crippen molar-refractivity contribution in [3.05, 3.63) is 58.9 Å². The van der Waals surface area contributed by atoms with E-state index in [4.69, 9.17) is 11.0 Å². The largest absolute Gasteiger partial charge is 0.398 e. The van der Waals surface area contributed by atoms with Crippen molar-refractivity contribution in [2.45, 2.75) is 6.92 Å². The molecule has 5 heteroatoms. The van der Waals surface area contributed by atoms with Crippen molar-refractivity contribution in [2.24, 2.45) is 0 Å². The number of amides is 1. The van der Waals surface area contributed by atoms with Gasteiger partial charge in [0.25, 0.3) is 5.91 Å². The van der Waals surface area contributed by atoms with Gasteiger partial charge in [-0.15, -0.1) is 0 Å². The van der Waals surface area contributed by atoms with E-state index in [1.54, 1.807) is 25.1 Å². The van der Waals surface area contributed by atoms with E-state index < -0.39 is 11.7 Å². The molecule has 0 aliphatic rings. The van der Waals surface area contributed by atoms with Gasteiger partial charge in [-0.1, -0.05) is 6.07 Å². The van der Waals surface area contributed by atoms with E-state index in [2.05, 4.69) is 5.32 Å². The molecule has 0 aromatic heterocycles. The lowest BCUT2D eigenvalue weighted by Gasteiger charge is -2.08. The second-order valence-electron chi connectivity index (χ2n) is 4.32. The van der Waals surface area contributed by atoms with Gasteiger partial charge in [-0.2, -0.15) is 5.26 Å². The van der Waals surface area contributed by atoms with E-state index in [1.165, 1.54) is 12.1 Å². The van der Waals surface area contributed by atoms with Crippen LogP contribution in [0.3, 0.4) is 0 Å². The number of nitrogens with zero attached hydrogens (tertiary/aromatic N) is 1. The maximum absolute atomic E-state index is 13.6. The van der Waals surface area contributed by atoms with E-state index in [9.17, 15) is 9.18 Å². The number of carbonyl (C=O) groups excluding carboxylic acids is 1. The van der Waals surface area contributed by atoms with Crippen molar-refractivity contribution < 1.29 is 9.18 Å². The van der Waals surface area contributed by atoms with Gasteiger partial charge in [0.15, 0.2) is 0 Å². The van der Waals surface area contributed by atoms with Crippen LogP contribution in [0.2, 0.25) is 0 Å². The topological polar surface area (TPSA) is 78.9 Å². The number of nitriles is 1. The minimum Gasteiger partial charge on any atom is -0.398 e. The van der Waals surface area contributed by atoms with Gasteiger partial charge in [0.2, 0.25) is 0 Å². The molecule has 0 atom stereocenters. The molecule has 1 amide bonds. The van der Waals surface area contributed by atoms with Crippen LogP contribution in [0, 0.1) is 24.1 Å². The number of carbonyl (C=O) groups is 1. The van der Waals surface area contributed by atoms with Crippen LogP contribution in [0.1, 0.15) is 21.5 Å². The maximum Gasteiger partial charge on any atom is 0.255 e. The highest BCUT2D eigenvalue weighted by Gasteiger charge is 2.11. The van der Waals surface area contributed by atoms with Crippen LogP contribution in [-0.2, 0) is 0 Å². The summed E-state index contributed by atoms with van der Waals surface area (Å²) in [6.45, 7) is 1.54. The molecule has 4 nitrogen and oxygen atoms in total. The molecule has 0 heterocycles. The Labute approximate surface area is 115 Å². The zero-order valence-electron chi connectivity index (χ0n) is 10.8. The predicted molar refractivity (Wildman–Crippen MR) is 74.7 cm³/mol. The number of hydrogen-bond acceptors (Lipinski definition) is 3. The van der Waals surface area contributed by atoms with Crippen LogP contribution in [0.5, 0.6) is 0 Å². The fourth-order valence-corrected chi connectivity index (χ4v) is 1.70. The van der Waals surface area contributed by atoms with Gasteiger partial charge < -0.3 is 11.1 Å². The van der Waals surface area contributed by atoms with Gasteiger partial charge in [-0.3, -0.25) is 4.79 Å². The number of anilines is 2. The van der Waals surface area contributed by atoms with Crippen molar-refractivity contribution >= 4 is 17.3 Å². The van der Waals surface area contributed by atoms with Crippen LogP contribution in [0.25, 0.3) is 0 Å². The number of nitrogen functional groups attached to an aromatic ring is 1. The van der Waals surface area contributed by atoms with E-state index in [-0.39, 0.29) is 11.3 Å². The normalized spacial score (nSPS) is 9.85. The van der Waals surface area contributed by atoms with Gasteiger partial charge in [-0.25, -0.2) is 4.39 Å². The summed E-state index contributed by atoms with van der Waals surface area (Å²) >= 11 is 0. The van der Waals surface area contributed by atoms with Crippen molar-refractivity contribution in [1.82, 2.24) is 0 Å². The number of nitrogens with one attached hydrogen (secondary N) is 1. The standard InChI is InChI=1S/C15H12FN3O/c1-9-13(16)6-11(7-14(9)18)15(20)19-12-4-2-3-10(5-12)8-17/h2-7H,18H2,1H3,(H,19,20). The lowest BCUT2D eigenvalue weighted by molar-refractivity contribution is 0.102. The predicted octanol–water partition coefficient (Wildman–Crippen LogP) is 2.84. The fourth-order valence-electron chi connectivity index (χ4n) is 1.70. The Morgan fingerprint density at radius 3 is 2.75 bits per heavy atom. The third-order valence-electron chi connectivity index (χ3n) is 2.90. The molecule has 0 unspecified atom stereocenters. The van der Waals surface area contributed by atoms with Gasteiger partial charge >= 0.3 is 0 Å². The highest BCUT2D eigenvalue weighted by Crippen LogP contribution is 2.19. The number of nitrogens with two attached hydrogens (primary N) is 1. The van der Waals surface area contributed by atoms with Gasteiger partial charge in [0, 0.05) is 22.5 Å². The summed E-state index contributed by atoms with van der Waals surface area (Å²) < 4.78 is 13.6. The molecule has 0 spiro atoms. The Hall–Kier alpha value is -2.87. The molecule has 3 N–H and O–H groups in total. The maximum atomic E-state index is 13.6. The lowest BCUT2D eigenvalue weighted by atomic mass is 10.1. The highest BCUT2D eigenvalue weighted by molar-refractivity contribution is 6.05. The third-order valence-corrected chi connectivity index (χ3v) is 2.90. The number of halogens is 1.